The molecule has 0 unspecified atom stereocenters. The Morgan fingerprint density at radius 3 is 2.90 bits per heavy atom. The van der Waals surface area contributed by atoms with E-state index in [2.05, 4.69) is 0 Å². The van der Waals surface area contributed by atoms with Gasteiger partial charge >= 0.3 is 0 Å². The van der Waals surface area contributed by atoms with E-state index >= 15 is 0 Å². The van der Waals surface area contributed by atoms with E-state index in [1.54, 1.807) is 0 Å². The molecule has 1 saturated heterocycles. The second-order valence-electron chi connectivity index (χ2n) is 2.11. The first-order chi connectivity index (χ1) is 4.70. The van der Waals surface area contributed by atoms with Gasteiger partial charge in [0.1, 0.15) is 0 Å². The van der Waals surface area contributed by atoms with Gasteiger partial charge in [-0.3, -0.25) is 4.79 Å². The van der Waals surface area contributed by atoms with Crippen LogP contribution in [-0.2, 0) is 4.79 Å². The summed E-state index contributed by atoms with van der Waals surface area (Å²) in [5, 5.41) is -0.838. The Kier molecular flexibility index (Phi) is 2.27. The van der Waals surface area contributed by atoms with Gasteiger partial charge in [0.15, 0.2) is 0 Å². The second-order valence-corrected chi connectivity index (χ2v) is 2.47. The predicted octanol–water partition coefficient (Wildman–Crippen LogP) is 1.62. The molecule has 56 valence electrons. The molecule has 0 bridgehead atoms. The van der Waals surface area contributed by atoms with E-state index in [1.165, 1.54) is 4.90 Å². The highest BCUT2D eigenvalue weighted by Gasteiger charge is 2.18. The summed E-state index contributed by atoms with van der Waals surface area (Å²) in [7, 11) is 0. The van der Waals surface area contributed by atoms with Crippen LogP contribution >= 0.6 is 11.6 Å². The summed E-state index contributed by atoms with van der Waals surface area (Å²) in [5.41, 5.74) is 0. The summed E-state index contributed by atoms with van der Waals surface area (Å²) < 4.78 is 12.0. The Hall–Kier alpha value is -0.570. The molecule has 1 amide bonds. The molecular weight excluding hydrogens is 157 g/mol. The third kappa shape index (κ3) is 1.70. The molecule has 0 atom stereocenters. The number of hydrogen-bond acceptors (Lipinski definition) is 1. The van der Waals surface area contributed by atoms with Crippen LogP contribution < -0.4 is 0 Å². The first-order valence-corrected chi connectivity index (χ1v) is 3.40. The molecule has 4 heteroatoms. The topological polar surface area (TPSA) is 20.3 Å². The molecule has 1 rings (SSSR count). The van der Waals surface area contributed by atoms with Crippen LogP contribution in [0.25, 0.3) is 0 Å². The van der Waals surface area contributed by atoms with Gasteiger partial charge in [0.2, 0.25) is 11.2 Å². The van der Waals surface area contributed by atoms with Crippen molar-refractivity contribution >= 4 is 17.5 Å². The minimum absolute atomic E-state index is 0.0594. The van der Waals surface area contributed by atoms with Crippen LogP contribution in [0.3, 0.4) is 0 Å². The SMILES string of the molecule is O=C1CCCN1C=C(F)Cl. The van der Waals surface area contributed by atoms with Crippen LogP contribution in [-0.4, -0.2) is 17.4 Å². The fourth-order valence-corrected chi connectivity index (χ4v) is 1.04. The molecule has 1 aliphatic rings. The Balaban J connectivity index is 2.56. The minimum atomic E-state index is -0.838. The van der Waals surface area contributed by atoms with Crippen LogP contribution in [0.4, 0.5) is 4.39 Å². The maximum absolute atomic E-state index is 12.0. The number of hydrogen-bond donors (Lipinski definition) is 0. The van der Waals surface area contributed by atoms with E-state index in [0.29, 0.717) is 13.0 Å². The van der Waals surface area contributed by atoms with Gasteiger partial charge in [-0.15, -0.1) is 0 Å². The zero-order chi connectivity index (χ0) is 7.56. The first-order valence-electron chi connectivity index (χ1n) is 3.02. The molecule has 0 saturated carbocycles. The second kappa shape index (κ2) is 3.01. The molecule has 0 radical (unpaired) electrons. The summed E-state index contributed by atoms with van der Waals surface area (Å²) in [6, 6.07) is 0. The highest BCUT2D eigenvalue weighted by molar-refractivity contribution is 6.28. The van der Waals surface area contributed by atoms with Crippen molar-refractivity contribution in [2.75, 3.05) is 6.54 Å². The molecule has 0 aromatic heterocycles. The van der Waals surface area contributed by atoms with E-state index in [9.17, 15) is 9.18 Å². The highest BCUT2D eigenvalue weighted by Crippen LogP contribution is 2.13. The van der Waals surface area contributed by atoms with Gasteiger partial charge in [-0.05, 0) is 18.0 Å². The number of likely N-dealkylation sites (tertiary alicyclic amines) is 1. The van der Waals surface area contributed by atoms with Crippen molar-refractivity contribution in [2.24, 2.45) is 0 Å². The maximum atomic E-state index is 12.0. The molecular formula is C6H7ClFNO. The van der Waals surface area contributed by atoms with Crippen molar-refractivity contribution in [3.05, 3.63) is 11.5 Å². The largest absolute Gasteiger partial charge is 0.315 e. The summed E-state index contributed by atoms with van der Waals surface area (Å²) in [6.07, 6.45) is 2.32. The van der Waals surface area contributed by atoms with Crippen LogP contribution in [0.5, 0.6) is 0 Å². The summed E-state index contributed by atoms with van der Waals surface area (Å²) in [4.78, 5) is 12.1. The number of nitrogens with zero attached hydrogens (tertiary/aromatic N) is 1. The van der Waals surface area contributed by atoms with Gasteiger partial charge < -0.3 is 4.90 Å². The van der Waals surface area contributed by atoms with E-state index in [-0.39, 0.29) is 5.91 Å². The molecule has 10 heavy (non-hydrogen) atoms. The van der Waals surface area contributed by atoms with Gasteiger partial charge in [-0.1, -0.05) is 0 Å². The Morgan fingerprint density at radius 1 is 1.80 bits per heavy atom. The number of carbonyl (C=O) groups excluding carboxylic acids is 1. The van der Waals surface area contributed by atoms with Crippen LogP contribution in [0.15, 0.2) is 11.5 Å². The van der Waals surface area contributed by atoms with Crippen LogP contribution in [0.1, 0.15) is 12.8 Å². The first kappa shape index (κ1) is 7.54. The number of halogens is 2. The third-order valence-electron chi connectivity index (χ3n) is 1.36. The van der Waals surface area contributed by atoms with E-state index < -0.39 is 5.29 Å². The van der Waals surface area contributed by atoms with Crippen molar-refractivity contribution in [1.82, 2.24) is 4.90 Å². The number of carbonyl (C=O) groups is 1. The number of amides is 1. The van der Waals surface area contributed by atoms with Gasteiger partial charge in [0, 0.05) is 13.0 Å². The zero-order valence-electron chi connectivity index (χ0n) is 5.31. The van der Waals surface area contributed by atoms with Gasteiger partial charge in [-0.2, -0.15) is 4.39 Å². The third-order valence-corrected chi connectivity index (χ3v) is 1.46. The lowest BCUT2D eigenvalue weighted by Gasteiger charge is -2.06. The molecule has 0 spiro atoms. The average Bonchev–Trinajstić information content (AvgIpc) is 2.15. The smallest absolute Gasteiger partial charge is 0.226 e. The lowest BCUT2D eigenvalue weighted by atomic mass is 10.4. The summed E-state index contributed by atoms with van der Waals surface area (Å²) >= 11 is 4.92. The lowest BCUT2D eigenvalue weighted by molar-refractivity contribution is -0.125. The van der Waals surface area contributed by atoms with E-state index in [1.807, 2.05) is 0 Å². The predicted molar refractivity (Wildman–Crippen MR) is 36.0 cm³/mol. The van der Waals surface area contributed by atoms with Gasteiger partial charge in [-0.25, -0.2) is 0 Å². The Labute approximate surface area is 63.3 Å². The number of rotatable bonds is 1. The molecule has 2 nitrogen and oxygen atoms in total. The van der Waals surface area contributed by atoms with Crippen molar-refractivity contribution in [3.8, 4) is 0 Å². The Morgan fingerprint density at radius 2 is 2.50 bits per heavy atom. The average molecular weight is 164 g/mol. The standard InChI is InChI=1S/C6H7ClFNO/c7-5(8)4-9-3-1-2-6(9)10/h4H,1-3H2. The van der Waals surface area contributed by atoms with Crippen molar-refractivity contribution in [2.45, 2.75) is 12.8 Å². The maximum Gasteiger partial charge on any atom is 0.226 e. The summed E-state index contributed by atoms with van der Waals surface area (Å²) in [5.74, 6) is -0.0594. The van der Waals surface area contributed by atoms with E-state index in [0.717, 1.165) is 12.6 Å². The fourth-order valence-electron chi connectivity index (χ4n) is 0.923. The monoisotopic (exact) mass is 163 g/mol. The molecule has 0 aromatic carbocycles. The molecule has 1 fully saturated rings. The lowest BCUT2D eigenvalue weighted by Crippen LogP contribution is -2.17. The van der Waals surface area contributed by atoms with Gasteiger partial charge in [0.05, 0.1) is 6.20 Å². The normalized spacial score (nSPS) is 20.4. The Bertz CT molecular complexity index is 177. The van der Waals surface area contributed by atoms with E-state index in [4.69, 9.17) is 11.6 Å². The fraction of sp³-hybridized carbons (Fsp3) is 0.500. The highest BCUT2D eigenvalue weighted by atomic mass is 35.5. The minimum Gasteiger partial charge on any atom is -0.315 e. The zero-order valence-corrected chi connectivity index (χ0v) is 6.07. The molecule has 1 aliphatic heterocycles. The van der Waals surface area contributed by atoms with Crippen molar-refractivity contribution in [1.29, 1.82) is 0 Å². The molecule has 0 N–H and O–H groups in total. The summed E-state index contributed by atoms with van der Waals surface area (Å²) in [6.45, 7) is 0.582. The van der Waals surface area contributed by atoms with Crippen LogP contribution in [0, 0.1) is 0 Å². The molecule has 0 aliphatic carbocycles. The van der Waals surface area contributed by atoms with Gasteiger partial charge in [0.25, 0.3) is 0 Å². The molecule has 1 heterocycles. The molecule has 0 aromatic rings. The quantitative estimate of drug-likeness (QED) is 0.575. The van der Waals surface area contributed by atoms with Crippen LogP contribution in [0.2, 0.25) is 0 Å². The van der Waals surface area contributed by atoms with Crippen molar-refractivity contribution in [3.63, 3.8) is 0 Å². The van der Waals surface area contributed by atoms with Crippen molar-refractivity contribution < 1.29 is 9.18 Å².